The highest BCUT2D eigenvalue weighted by atomic mass is 16.6. The van der Waals surface area contributed by atoms with Crippen LogP contribution in [0, 0.1) is 22.0 Å². The number of carbonyl (C=O) groups is 2. The van der Waals surface area contributed by atoms with Gasteiger partial charge >= 0.3 is 11.9 Å². The Bertz CT molecular complexity index is 542. The van der Waals surface area contributed by atoms with Crippen molar-refractivity contribution in [2.24, 2.45) is 11.8 Å². The van der Waals surface area contributed by atoms with Gasteiger partial charge in [-0.2, -0.15) is 0 Å². The molecule has 0 amide bonds. The highest BCUT2D eigenvalue weighted by Gasteiger charge is 2.71. The molecule has 0 spiro atoms. The summed E-state index contributed by atoms with van der Waals surface area (Å²) < 4.78 is 9.75. The number of carbonyl (C=O) groups excluding carboxylic acids is 2. The third-order valence-electron chi connectivity index (χ3n) is 5.84. The van der Waals surface area contributed by atoms with Gasteiger partial charge in [-0.25, -0.2) is 9.59 Å². The van der Waals surface area contributed by atoms with E-state index in [1.54, 1.807) is 0 Å². The minimum Gasteiger partial charge on any atom is -0.464 e. The van der Waals surface area contributed by atoms with Crippen LogP contribution in [0.4, 0.5) is 0 Å². The number of nitro groups is 1. The summed E-state index contributed by atoms with van der Waals surface area (Å²) in [6, 6.07) is -2.25. The van der Waals surface area contributed by atoms with Gasteiger partial charge in [-0.05, 0) is 38.5 Å². The molecule has 0 aromatic rings. The van der Waals surface area contributed by atoms with Crippen molar-refractivity contribution in [3.8, 4) is 0 Å². The Hall–Kier alpha value is -1.74. The van der Waals surface area contributed by atoms with E-state index >= 15 is 0 Å². The molecule has 27 heavy (non-hydrogen) atoms. The lowest BCUT2D eigenvalue weighted by atomic mass is 9.61. The van der Waals surface area contributed by atoms with E-state index in [1.165, 1.54) is 13.8 Å². The number of hydrogen-bond donors (Lipinski definition) is 2. The maximum atomic E-state index is 12.5. The summed E-state index contributed by atoms with van der Waals surface area (Å²) in [5, 5.41) is 33.9. The average molecular weight is 387 g/mol. The summed E-state index contributed by atoms with van der Waals surface area (Å²) >= 11 is 0. The summed E-state index contributed by atoms with van der Waals surface area (Å²) in [6.45, 7) is 2.86. The van der Waals surface area contributed by atoms with Gasteiger partial charge in [-0.3, -0.25) is 10.1 Å². The first-order valence-electron chi connectivity index (χ1n) is 9.63. The number of nitrogens with zero attached hydrogens (tertiary/aromatic N) is 1. The predicted molar refractivity (Wildman–Crippen MR) is 93.2 cm³/mol. The summed E-state index contributed by atoms with van der Waals surface area (Å²) in [5.41, 5.74) is -5.19. The maximum Gasteiger partial charge on any atom is 0.345 e. The monoisotopic (exact) mass is 387 g/mol. The van der Waals surface area contributed by atoms with Crippen molar-refractivity contribution in [3.05, 3.63) is 10.1 Å². The summed E-state index contributed by atoms with van der Waals surface area (Å²) in [6.07, 6.45) is 4.22. The van der Waals surface area contributed by atoms with Crippen LogP contribution in [0.25, 0.3) is 0 Å². The van der Waals surface area contributed by atoms with Gasteiger partial charge in [0.15, 0.2) is 0 Å². The second-order valence-corrected chi connectivity index (χ2v) is 7.54. The van der Waals surface area contributed by atoms with Crippen molar-refractivity contribution in [3.63, 3.8) is 0 Å². The standard InChI is InChI=1S/C18H29NO8/c1-3-26-15(20)17(22)10-13(12-8-6-5-7-9-12)11-18(23,14(17)19(24)25)16(21)27-4-2/h12-14,22-23H,3-11H2,1-2H3/t13?,14-,17-,18+. The van der Waals surface area contributed by atoms with Crippen LogP contribution in [0.3, 0.4) is 0 Å². The number of esters is 2. The second-order valence-electron chi connectivity index (χ2n) is 7.54. The van der Waals surface area contributed by atoms with E-state index in [4.69, 9.17) is 9.47 Å². The number of ether oxygens (including phenoxy) is 2. The first-order valence-corrected chi connectivity index (χ1v) is 9.63. The largest absolute Gasteiger partial charge is 0.464 e. The van der Waals surface area contributed by atoms with Gasteiger partial charge in [0.05, 0.1) is 13.2 Å². The van der Waals surface area contributed by atoms with E-state index in [2.05, 4.69) is 0 Å². The van der Waals surface area contributed by atoms with Crippen LogP contribution in [0.2, 0.25) is 0 Å². The number of hydrogen-bond acceptors (Lipinski definition) is 8. The van der Waals surface area contributed by atoms with E-state index < -0.39 is 40.0 Å². The smallest absolute Gasteiger partial charge is 0.345 e. The molecule has 0 heterocycles. The van der Waals surface area contributed by atoms with E-state index in [0.29, 0.717) is 0 Å². The molecular weight excluding hydrogens is 358 g/mol. The molecule has 0 radical (unpaired) electrons. The Labute approximate surface area is 158 Å². The zero-order chi connectivity index (χ0) is 20.2. The molecule has 2 fully saturated rings. The van der Waals surface area contributed by atoms with E-state index in [9.17, 15) is 29.9 Å². The van der Waals surface area contributed by atoms with Gasteiger partial charge in [0.1, 0.15) is 0 Å². The molecule has 1 unspecified atom stereocenters. The van der Waals surface area contributed by atoms with Gasteiger partial charge < -0.3 is 19.7 Å². The molecule has 0 aliphatic heterocycles. The Balaban J connectivity index is 2.49. The van der Waals surface area contributed by atoms with Crippen molar-refractivity contribution in [2.75, 3.05) is 13.2 Å². The lowest BCUT2D eigenvalue weighted by Gasteiger charge is -2.46. The van der Waals surface area contributed by atoms with Gasteiger partial charge in [0, 0.05) is 4.92 Å². The predicted octanol–water partition coefficient (Wildman–Crippen LogP) is 1.21. The summed E-state index contributed by atoms with van der Waals surface area (Å²) in [4.78, 5) is 35.8. The Morgan fingerprint density at radius 2 is 1.41 bits per heavy atom. The zero-order valence-electron chi connectivity index (χ0n) is 15.9. The quantitative estimate of drug-likeness (QED) is 0.394. The third kappa shape index (κ3) is 4.08. The minimum absolute atomic E-state index is 0.0633. The summed E-state index contributed by atoms with van der Waals surface area (Å²) in [5.74, 6) is -2.73. The topological polar surface area (TPSA) is 136 Å². The Morgan fingerprint density at radius 1 is 0.963 bits per heavy atom. The molecule has 0 saturated heterocycles. The van der Waals surface area contributed by atoms with Gasteiger partial charge in [-0.1, -0.05) is 32.1 Å². The Morgan fingerprint density at radius 3 is 1.78 bits per heavy atom. The molecule has 0 bridgehead atoms. The molecule has 2 rings (SSSR count). The van der Waals surface area contributed by atoms with Gasteiger partial charge in [0.25, 0.3) is 6.04 Å². The van der Waals surface area contributed by atoms with Crippen LogP contribution >= 0.6 is 0 Å². The van der Waals surface area contributed by atoms with Crippen molar-refractivity contribution >= 4 is 11.9 Å². The van der Waals surface area contributed by atoms with Crippen LogP contribution in [-0.2, 0) is 19.1 Å². The zero-order valence-corrected chi connectivity index (χ0v) is 15.9. The molecule has 4 atom stereocenters. The van der Waals surface area contributed by atoms with Crippen LogP contribution in [0.15, 0.2) is 0 Å². The lowest BCUT2D eigenvalue weighted by Crippen LogP contribution is -2.71. The number of aliphatic hydroxyl groups is 2. The summed E-state index contributed by atoms with van der Waals surface area (Å²) in [7, 11) is 0. The maximum absolute atomic E-state index is 12.5. The fraction of sp³-hybridized carbons (Fsp3) is 0.889. The van der Waals surface area contributed by atoms with E-state index in [1.807, 2.05) is 0 Å². The molecule has 2 aliphatic rings. The van der Waals surface area contributed by atoms with E-state index in [0.717, 1.165) is 32.1 Å². The minimum atomic E-state index is -2.60. The molecular formula is C18H29NO8. The van der Waals surface area contributed by atoms with Crippen LogP contribution in [0.5, 0.6) is 0 Å². The molecule has 0 aromatic carbocycles. The average Bonchev–Trinajstić information content (AvgIpc) is 2.62. The molecule has 9 nitrogen and oxygen atoms in total. The van der Waals surface area contributed by atoms with Crippen molar-refractivity contribution < 1.29 is 34.2 Å². The lowest BCUT2D eigenvalue weighted by molar-refractivity contribution is -0.567. The van der Waals surface area contributed by atoms with Crippen LogP contribution in [-0.4, -0.2) is 57.5 Å². The van der Waals surface area contributed by atoms with Crippen LogP contribution in [0.1, 0.15) is 58.8 Å². The van der Waals surface area contributed by atoms with Gasteiger partial charge in [0.2, 0.25) is 11.2 Å². The molecule has 0 aromatic heterocycles. The number of rotatable bonds is 6. The van der Waals surface area contributed by atoms with Crippen molar-refractivity contribution in [1.82, 2.24) is 0 Å². The molecule has 2 aliphatic carbocycles. The van der Waals surface area contributed by atoms with Crippen molar-refractivity contribution in [2.45, 2.75) is 76.0 Å². The Kier molecular flexibility index (Phi) is 6.80. The third-order valence-corrected chi connectivity index (χ3v) is 5.84. The highest BCUT2D eigenvalue weighted by molar-refractivity contribution is 5.86. The second kappa shape index (κ2) is 8.52. The molecule has 2 saturated carbocycles. The SMILES string of the molecule is CCOC(=O)[C@]1(O)CC(C2CCCCC2)C[C@](O)(C(=O)OCC)[C@H]1[N+](=O)[O-]. The molecule has 154 valence electrons. The van der Waals surface area contributed by atoms with Crippen LogP contribution < -0.4 is 0 Å². The first-order chi connectivity index (χ1) is 12.7. The van der Waals surface area contributed by atoms with Gasteiger partial charge in [-0.15, -0.1) is 0 Å². The normalized spacial score (nSPS) is 34.7. The highest BCUT2D eigenvalue weighted by Crippen LogP contribution is 2.47. The molecule has 9 heteroatoms. The van der Waals surface area contributed by atoms with Crippen molar-refractivity contribution in [1.29, 1.82) is 0 Å². The fourth-order valence-corrected chi connectivity index (χ4v) is 4.68. The van der Waals surface area contributed by atoms with E-state index in [-0.39, 0.29) is 32.0 Å². The fourth-order valence-electron chi connectivity index (χ4n) is 4.68. The molecule has 2 N–H and O–H groups in total. The first kappa shape index (κ1) is 21.6.